The average molecular weight is 394 g/mol. The second-order valence-corrected chi connectivity index (χ2v) is 6.84. The number of rotatable bonds is 6. The molecule has 1 aliphatic rings. The van der Waals surface area contributed by atoms with Crippen LogP contribution in [0, 0.1) is 11.3 Å². The number of pyridine rings is 2. The zero-order valence-electron chi connectivity index (χ0n) is 15.8. The van der Waals surface area contributed by atoms with Crippen LogP contribution in [0.1, 0.15) is 5.56 Å². The molecule has 3 N–H and O–H groups in total. The van der Waals surface area contributed by atoms with E-state index in [1.807, 2.05) is 12.1 Å². The minimum absolute atomic E-state index is 0.0476. The van der Waals surface area contributed by atoms with Gasteiger partial charge in [-0.2, -0.15) is 10.4 Å². The highest BCUT2D eigenvalue weighted by Gasteiger charge is 2.16. The zero-order valence-corrected chi connectivity index (χ0v) is 15.8. The van der Waals surface area contributed by atoms with Gasteiger partial charge in [-0.1, -0.05) is 0 Å². The Morgan fingerprint density at radius 2 is 2.10 bits per heavy atom. The van der Waals surface area contributed by atoms with Crippen LogP contribution in [-0.2, 0) is 0 Å². The summed E-state index contributed by atoms with van der Waals surface area (Å²) in [5.41, 5.74) is 2.71. The molecule has 150 valence electrons. The number of nitriles is 1. The molecule has 0 aliphatic carbocycles. The summed E-state index contributed by atoms with van der Waals surface area (Å²) >= 11 is 0. The molecule has 29 heavy (non-hydrogen) atoms. The van der Waals surface area contributed by atoms with Crippen molar-refractivity contribution in [2.24, 2.45) is 0 Å². The van der Waals surface area contributed by atoms with Crippen LogP contribution < -0.4 is 15.0 Å². The van der Waals surface area contributed by atoms with E-state index in [4.69, 9.17) is 9.84 Å². The van der Waals surface area contributed by atoms with E-state index in [1.165, 1.54) is 6.20 Å². The molecule has 1 atom stereocenters. The first kappa shape index (κ1) is 19.1. The molecule has 9 nitrogen and oxygen atoms in total. The van der Waals surface area contributed by atoms with Crippen molar-refractivity contribution in [3.63, 3.8) is 0 Å². The number of hydrogen-bond acceptors (Lipinski definition) is 8. The standard InChI is InChI=1S/C20H22N6O3/c21-8-15-10-24-26-11-17(29-13-16(28)12-27)7-18(20(15)26)14-1-2-19(23-9-14)25-5-3-22-4-6-25/h1-2,7,9-11,16,22,27-28H,3-6,12-13H2/t16-/m1/s1. The SMILES string of the molecule is N#Cc1cnn2cc(OC[C@H](O)CO)cc(-c3ccc(N4CCNCC4)nc3)c12. The van der Waals surface area contributed by atoms with Crippen LogP contribution in [0.3, 0.4) is 0 Å². The van der Waals surface area contributed by atoms with Gasteiger partial charge in [0, 0.05) is 43.5 Å². The molecule has 1 fully saturated rings. The van der Waals surface area contributed by atoms with E-state index in [0.717, 1.165) is 43.1 Å². The third-order valence-electron chi connectivity index (χ3n) is 4.86. The number of piperazine rings is 1. The molecule has 1 aliphatic heterocycles. The summed E-state index contributed by atoms with van der Waals surface area (Å²) in [7, 11) is 0. The Labute approximate surface area is 167 Å². The lowest BCUT2D eigenvalue weighted by Crippen LogP contribution is -2.43. The zero-order chi connectivity index (χ0) is 20.2. The van der Waals surface area contributed by atoms with Crippen LogP contribution in [-0.4, -0.2) is 70.3 Å². The molecule has 0 spiro atoms. The third kappa shape index (κ3) is 4.00. The van der Waals surface area contributed by atoms with Gasteiger partial charge in [-0.3, -0.25) is 0 Å². The molecular formula is C20H22N6O3. The van der Waals surface area contributed by atoms with Crippen molar-refractivity contribution < 1.29 is 14.9 Å². The first-order valence-electron chi connectivity index (χ1n) is 9.45. The Kier molecular flexibility index (Phi) is 5.57. The van der Waals surface area contributed by atoms with Crippen molar-refractivity contribution in [2.45, 2.75) is 6.10 Å². The van der Waals surface area contributed by atoms with E-state index >= 15 is 0 Å². The van der Waals surface area contributed by atoms with Crippen molar-refractivity contribution in [3.05, 3.63) is 42.4 Å². The van der Waals surface area contributed by atoms with Crippen molar-refractivity contribution in [2.75, 3.05) is 44.3 Å². The minimum Gasteiger partial charge on any atom is -0.489 e. The highest BCUT2D eigenvalue weighted by atomic mass is 16.5. The van der Waals surface area contributed by atoms with Crippen LogP contribution in [0.2, 0.25) is 0 Å². The molecule has 1 saturated heterocycles. The van der Waals surface area contributed by atoms with Gasteiger partial charge in [-0.25, -0.2) is 9.50 Å². The molecule has 4 heterocycles. The number of aliphatic hydroxyl groups is 2. The van der Waals surface area contributed by atoms with E-state index in [-0.39, 0.29) is 13.2 Å². The Morgan fingerprint density at radius 3 is 2.79 bits per heavy atom. The van der Waals surface area contributed by atoms with E-state index in [0.29, 0.717) is 16.8 Å². The molecule has 0 aromatic carbocycles. The normalized spacial score (nSPS) is 15.3. The molecule has 4 rings (SSSR count). The number of fused-ring (bicyclic) bond motifs is 1. The first-order valence-corrected chi connectivity index (χ1v) is 9.45. The molecule has 0 saturated carbocycles. The molecule has 9 heteroatoms. The predicted octanol–water partition coefficient (Wildman–Crippen LogP) is 0.410. The van der Waals surface area contributed by atoms with Gasteiger partial charge in [-0.15, -0.1) is 0 Å². The van der Waals surface area contributed by atoms with Crippen molar-refractivity contribution in [1.82, 2.24) is 19.9 Å². The number of hydrogen-bond donors (Lipinski definition) is 3. The van der Waals surface area contributed by atoms with Gasteiger partial charge in [0.25, 0.3) is 0 Å². The van der Waals surface area contributed by atoms with E-state index in [2.05, 4.69) is 26.4 Å². The van der Waals surface area contributed by atoms with E-state index in [9.17, 15) is 10.4 Å². The smallest absolute Gasteiger partial charge is 0.138 e. The molecule has 0 unspecified atom stereocenters. The van der Waals surface area contributed by atoms with E-state index in [1.54, 1.807) is 23.0 Å². The highest BCUT2D eigenvalue weighted by molar-refractivity contribution is 5.85. The molecule has 3 aromatic rings. The van der Waals surface area contributed by atoms with Gasteiger partial charge >= 0.3 is 0 Å². The van der Waals surface area contributed by atoms with Gasteiger partial charge in [-0.05, 0) is 18.2 Å². The Balaban J connectivity index is 1.70. The monoisotopic (exact) mass is 394 g/mol. The van der Waals surface area contributed by atoms with Crippen LogP contribution in [0.4, 0.5) is 5.82 Å². The lowest BCUT2D eigenvalue weighted by molar-refractivity contribution is 0.0534. The maximum atomic E-state index is 9.56. The molecule has 0 radical (unpaired) electrons. The van der Waals surface area contributed by atoms with Crippen molar-refractivity contribution in [3.8, 4) is 22.9 Å². The van der Waals surface area contributed by atoms with Gasteiger partial charge in [0.05, 0.1) is 30.1 Å². The average Bonchev–Trinajstić information content (AvgIpc) is 3.20. The largest absolute Gasteiger partial charge is 0.489 e. The second-order valence-electron chi connectivity index (χ2n) is 6.84. The number of anilines is 1. The quantitative estimate of drug-likeness (QED) is 0.550. The molecule has 0 bridgehead atoms. The summed E-state index contributed by atoms with van der Waals surface area (Å²) in [6, 6.07) is 7.91. The Hall–Kier alpha value is -3.19. The summed E-state index contributed by atoms with van der Waals surface area (Å²) in [5, 5.41) is 35.6. The fourth-order valence-electron chi connectivity index (χ4n) is 3.35. The van der Waals surface area contributed by atoms with Crippen molar-refractivity contribution in [1.29, 1.82) is 5.26 Å². The summed E-state index contributed by atoms with van der Waals surface area (Å²) < 4.78 is 7.18. The highest BCUT2D eigenvalue weighted by Crippen LogP contribution is 2.31. The summed E-state index contributed by atoms with van der Waals surface area (Å²) in [4.78, 5) is 6.84. The fourth-order valence-corrected chi connectivity index (χ4v) is 3.35. The Bertz CT molecular complexity index is 1020. The van der Waals surface area contributed by atoms with Gasteiger partial charge in [0.1, 0.15) is 30.3 Å². The summed E-state index contributed by atoms with van der Waals surface area (Å²) in [5.74, 6) is 1.39. The van der Waals surface area contributed by atoms with Gasteiger partial charge in [0.2, 0.25) is 0 Å². The number of ether oxygens (including phenoxy) is 1. The molecule has 3 aromatic heterocycles. The van der Waals surface area contributed by atoms with Crippen LogP contribution in [0.15, 0.2) is 36.8 Å². The van der Waals surface area contributed by atoms with Crippen LogP contribution >= 0.6 is 0 Å². The first-order chi connectivity index (χ1) is 14.2. The lowest BCUT2D eigenvalue weighted by atomic mass is 10.1. The Morgan fingerprint density at radius 1 is 1.28 bits per heavy atom. The number of aliphatic hydroxyl groups excluding tert-OH is 2. The minimum atomic E-state index is -0.971. The van der Waals surface area contributed by atoms with Gasteiger partial charge in [0.15, 0.2) is 0 Å². The predicted molar refractivity (Wildman–Crippen MR) is 107 cm³/mol. The summed E-state index contributed by atoms with van der Waals surface area (Å²) in [6.45, 7) is 3.26. The molecule has 0 amide bonds. The second kappa shape index (κ2) is 8.45. The van der Waals surface area contributed by atoms with Crippen molar-refractivity contribution >= 4 is 11.3 Å². The third-order valence-corrected chi connectivity index (χ3v) is 4.86. The van der Waals surface area contributed by atoms with Crippen LogP contribution in [0.25, 0.3) is 16.6 Å². The maximum Gasteiger partial charge on any atom is 0.138 e. The number of nitrogens with zero attached hydrogens (tertiary/aromatic N) is 5. The summed E-state index contributed by atoms with van der Waals surface area (Å²) in [6.07, 6.45) is 3.97. The van der Waals surface area contributed by atoms with E-state index < -0.39 is 6.10 Å². The van der Waals surface area contributed by atoms with Gasteiger partial charge < -0.3 is 25.2 Å². The topological polar surface area (TPSA) is 119 Å². The maximum absolute atomic E-state index is 9.56. The molecular weight excluding hydrogens is 372 g/mol. The van der Waals surface area contributed by atoms with Crippen LogP contribution in [0.5, 0.6) is 5.75 Å². The fraction of sp³-hybridized carbons (Fsp3) is 0.350. The lowest BCUT2D eigenvalue weighted by Gasteiger charge is -2.28. The number of aromatic nitrogens is 3. The number of nitrogens with one attached hydrogen (secondary N) is 1.